The van der Waals surface area contributed by atoms with Crippen LogP contribution in [0.1, 0.15) is 17.7 Å². The van der Waals surface area contributed by atoms with Gasteiger partial charge in [-0.05, 0) is 113 Å². The quantitative estimate of drug-likeness (QED) is 0.166. The van der Waals surface area contributed by atoms with E-state index in [9.17, 15) is 0 Å². The summed E-state index contributed by atoms with van der Waals surface area (Å²) >= 11 is 1.88. The molecular formula is C54H36N2S. The maximum atomic E-state index is 2.50. The first-order chi connectivity index (χ1) is 28.3. The van der Waals surface area contributed by atoms with E-state index >= 15 is 0 Å². The zero-order valence-electron chi connectivity index (χ0n) is 31.2. The minimum Gasteiger partial charge on any atom is -0.313 e. The van der Waals surface area contributed by atoms with Crippen molar-refractivity contribution >= 4 is 70.3 Å². The van der Waals surface area contributed by atoms with Crippen LogP contribution in [0.3, 0.4) is 0 Å². The summed E-state index contributed by atoms with van der Waals surface area (Å²) in [5, 5.41) is 6.46. The largest absolute Gasteiger partial charge is 0.313 e. The van der Waals surface area contributed by atoms with Crippen LogP contribution in [0, 0.1) is 0 Å². The molecule has 0 radical (unpaired) electrons. The number of aromatic nitrogens is 2. The summed E-state index contributed by atoms with van der Waals surface area (Å²) in [7, 11) is 0. The Morgan fingerprint density at radius 1 is 0.404 bits per heavy atom. The van der Waals surface area contributed by atoms with Crippen LogP contribution in [0.4, 0.5) is 0 Å². The number of allylic oxidation sites excluding steroid dienone is 1. The minimum atomic E-state index is 1.04. The fourth-order valence-corrected chi connectivity index (χ4v) is 10.5. The van der Waals surface area contributed by atoms with E-state index in [1.807, 2.05) is 11.3 Å². The highest BCUT2D eigenvalue weighted by Gasteiger charge is 2.22. The van der Waals surface area contributed by atoms with Crippen molar-refractivity contribution in [1.29, 1.82) is 0 Å². The second-order valence-corrected chi connectivity index (χ2v) is 16.3. The summed E-state index contributed by atoms with van der Waals surface area (Å²) in [5.74, 6) is 0. The lowest BCUT2D eigenvalue weighted by atomic mass is 9.94. The zero-order valence-corrected chi connectivity index (χ0v) is 32.0. The number of rotatable bonds is 5. The van der Waals surface area contributed by atoms with Gasteiger partial charge in [-0.25, -0.2) is 0 Å². The molecule has 11 aromatic rings. The fourth-order valence-electron chi connectivity index (χ4n) is 9.40. The molecule has 1 aliphatic carbocycles. The molecule has 2 nitrogen and oxygen atoms in total. The summed E-state index contributed by atoms with van der Waals surface area (Å²) in [6, 6.07) is 67.2. The van der Waals surface area contributed by atoms with Crippen molar-refractivity contribution in [2.24, 2.45) is 0 Å². The number of fused-ring (bicyclic) bond motifs is 9. The van der Waals surface area contributed by atoms with E-state index in [-0.39, 0.29) is 0 Å². The molecule has 0 atom stereocenters. The molecule has 0 unspecified atom stereocenters. The van der Waals surface area contributed by atoms with Crippen LogP contribution in [0.25, 0.3) is 104 Å². The average molecular weight is 745 g/mol. The van der Waals surface area contributed by atoms with E-state index in [1.165, 1.54) is 109 Å². The highest BCUT2D eigenvalue weighted by Crippen LogP contribution is 2.44. The second-order valence-electron chi connectivity index (χ2n) is 15.2. The molecule has 3 aromatic heterocycles. The van der Waals surface area contributed by atoms with Gasteiger partial charge in [0.15, 0.2) is 0 Å². The third-order valence-corrected chi connectivity index (χ3v) is 13.1. The number of hydrogen-bond acceptors (Lipinski definition) is 1. The molecule has 57 heavy (non-hydrogen) atoms. The third kappa shape index (κ3) is 5.09. The molecule has 0 saturated heterocycles. The lowest BCUT2D eigenvalue weighted by Gasteiger charge is -2.13. The molecule has 8 aromatic carbocycles. The van der Waals surface area contributed by atoms with Gasteiger partial charge in [-0.1, -0.05) is 127 Å². The first-order valence-electron chi connectivity index (χ1n) is 19.8. The molecule has 3 heterocycles. The lowest BCUT2D eigenvalue weighted by molar-refractivity contribution is 0.889. The molecule has 0 amide bonds. The minimum absolute atomic E-state index is 1.04. The summed E-state index contributed by atoms with van der Waals surface area (Å²) in [4.78, 5) is 0. The molecule has 12 rings (SSSR count). The fraction of sp³-hybridized carbons (Fsp3) is 0.0370. The van der Waals surface area contributed by atoms with E-state index in [4.69, 9.17) is 0 Å². The Morgan fingerprint density at radius 3 is 1.91 bits per heavy atom. The van der Waals surface area contributed by atoms with Gasteiger partial charge >= 0.3 is 0 Å². The first kappa shape index (κ1) is 32.3. The predicted octanol–water partition coefficient (Wildman–Crippen LogP) is 15.1. The van der Waals surface area contributed by atoms with Gasteiger partial charge in [-0.15, -0.1) is 11.3 Å². The van der Waals surface area contributed by atoms with E-state index in [0.717, 1.165) is 12.8 Å². The number of para-hydroxylation sites is 2. The Balaban J connectivity index is 1.05. The molecule has 3 heteroatoms. The Bertz CT molecular complexity index is 3400. The maximum Gasteiger partial charge on any atom is 0.0548 e. The predicted molar refractivity (Wildman–Crippen MR) is 244 cm³/mol. The van der Waals surface area contributed by atoms with Crippen LogP contribution in [0.15, 0.2) is 188 Å². The van der Waals surface area contributed by atoms with Crippen LogP contribution in [0.2, 0.25) is 0 Å². The van der Waals surface area contributed by atoms with Gasteiger partial charge in [-0.3, -0.25) is 0 Å². The van der Waals surface area contributed by atoms with Crippen LogP contribution in [0.5, 0.6) is 0 Å². The smallest absolute Gasteiger partial charge is 0.0548 e. The van der Waals surface area contributed by atoms with Gasteiger partial charge < -0.3 is 9.13 Å². The maximum absolute atomic E-state index is 2.50. The van der Waals surface area contributed by atoms with Gasteiger partial charge in [0.25, 0.3) is 0 Å². The zero-order chi connectivity index (χ0) is 37.5. The summed E-state index contributed by atoms with van der Waals surface area (Å²) in [6.07, 6.45) is 6.78. The topological polar surface area (TPSA) is 9.86 Å². The molecule has 0 spiro atoms. The highest BCUT2D eigenvalue weighted by molar-refractivity contribution is 7.26. The van der Waals surface area contributed by atoms with E-state index in [0.29, 0.717) is 0 Å². The third-order valence-electron chi connectivity index (χ3n) is 12.0. The Hall–Kier alpha value is -6.94. The summed E-state index contributed by atoms with van der Waals surface area (Å²) in [6.45, 7) is 0. The van der Waals surface area contributed by atoms with Crippen molar-refractivity contribution in [3.8, 4) is 44.8 Å². The van der Waals surface area contributed by atoms with Gasteiger partial charge in [0.05, 0.1) is 16.6 Å². The number of benzene rings is 8. The molecule has 268 valence electrons. The number of thiophene rings is 1. The summed E-state index contributed by atoms with van der Waals surface area (Å²) in [5.41, 5.74) is 16.3. The Labute approximate surface area is 334 Å². The van der Waals surface area contributed by atoms with Gasteiger partial charge in [-0.2, -0.15) is 0 Å². The molecule has 0 fully saturated rings. The van der Waals surface area contributed by atoms with Gasteiger partial charge in [0.1, 0.15) is 0 Å². The van der Waals surface area contributed by atoms with Crippen LogP contribution in [-0.2, 0) is 6.42 Å². The van der Waals surface area contributed by atoms with E-state index < -0.39 is 0 Å². The lowest BCUT2D eigenvalue weighted by Crippen LogP contribution is -2.02. The van der Waals surface area contributed by atoms with Crippen LogP contribution >= 0.6 is 11.3 Å². The van der Waals surface area contributed by atoms with Crippen molar-refractivity contribution in [3.63, 3.8) is 0 Å². The number of hydrogen-bond donors (Lipinski definition) is 0. The first-order valence-corrected chi connectivity index (χ1v) is 20.6. The number of nitrogens with zero attached hydrogens (tertiary/aromatic N) is 2. The molecule has 0 saturated carbocycles. The molecule has 0 aliphatic heterocycles. The Kier molecular flexibility index (Phi) is 7.26. The monoisotopic (exact) mass is 744 g/mol. The molecule has 0 N–H and O–H groups in total. The SMILES string of the molecule is C1=Cc2c(n(-c3ccccc3)c3cc4c5ccccc5n(-c5ccc6sc7cccc(-c8cccc(-c9cccc(-c%10ccccc%10)c9)c8)c7c6c5)c4cc23)CC1. The van der Waals surface area contributed by atoms with Gasteiger partial charge in [0.2, 0.25) is 0 Å². The van der Waals surface area contributed by atoms with Crippen molar-refractivity contribution in [3.05, 3.63) is 199 Å². The van der Waals surface area contributed by atoms with Crippen LogP contribution < -0.4 is 0 Å². The highest BCUT2D eigenvalue weighted by atomic mass is 32.1. The summed E-state index contributed by atoms with van der Waals surface area (Å²) < 4.78 is 7.60. The van der Waals surface area contributed by atoms with E-state index in [1.54, 1.807) is 0 Å². The van der Waals surface area contributed by atoms with Crippen molar-refractivity contribution in [2.45, 2.75) is 12.8 Å². The second kappa shape index (κ2) is 12.8. The van der Waals surface area contributed by atoms with Crippen molar-refractivity contribution < 1.29 is 0 Å². The Morgan fingerprint density at radius 2 is 1.07 bits per heavy atom. The normalized spacial score (nSPS) is 12.7. The van der Waals surface area contributed by atoms with Crippen molar-refractivity contribution in [2.75, 3.05) is 0 Å². The van der Waals surface area contributed by atoms with Crippen molar-refractivity contribution in [1.82, 2.24) is 9.13 Å². The molecule has 1 aliphatic rings. The van der Waals surface area contributed by atoms with E-state index in [2.05, 4.69) is 203 Å². The van der Waals surface area contributed by atoms with Crippen LogP contribution in [-0.4, -0.2) is 9.13 Å². The molecule has 0 bridgehead atoms. The average Bonchev–Trinajstić information content (AvgIpc) is 3.93. The standard InChI is InChI=1S/C54H36N2S/c1-3-14-35(15-4-1)36-16-11-17-37(30-36)38-18-12-19-39(31-38)42-24-13-27-53-54(42)47-32-41(28-29-52(47)57-53)56-49-26-10-8-23-44(49)46-33-50-45(34-51(46)56)43-22-7-9-25-48(43)55(50)40-20-5-2-6-21-40/h1-8,10-24,26-34H,9,25H2. The van der Waals surface area contributed by atoms with Gasteiger partial charge in [0, 0.05) is 59.0 Å². The molecular weight excluding hydrogens is 709 g/mol.